The average Bonchev–Trinajstić information content (AvgIpc) is 2.38. The summed E-state index contributed by atoms with van der Waals surface area (Å²) in [5.74, 6) is 0.404. The van der Waals surface area contributed by atoms with Crippen LogP contribution in [0.2, 0.25) is 0 Å². The van der Waals surface area contributed by atoms with Gasteiger partial charge in [-0.1, -0.05) is 12.8 Å². The lowest BCUT2D eigenvalue weighted by atomic mass is 9.89. The van der Waals surface area contributed by atoms with Crippen molar-refractivity contribution >= 4 is 21.8 Å². The smallest absolute Gasteiger partial charge is 0.202 e. The minimum Gasteiger partial charge on any atom is -0.202 e. The van der Waals surface area contributed by atoms with Crippen LogP contribution in [0.25, 0.3) is 0 Å². The molecule has 0 bridgehead atoms. The van der Waals surface area contributed by atoms with Gasteiger partial charge in [0.1, 0.15) is 0 Å². The molecule has 1 saturated heterocycles. The maximum absolute atomic E-state index is 12.1. The second-order valence-corrected chi connectivity index (χ2v) is 7.82. The van der Waals surface area contributed by atoms with Crippen molar-refractivity contribution in [3.05, 3.63) is 0 Å². The van der Waals surface area contributed by atoms with Crippen molar-refractivity contribution in [1.82, 2.24) is 9.03 Å². The van der Waals surface area contributed by atoms with Gasteiger partial charge in [0.15, 0.2) is 0 Å². The molecule has 1 aliphatic carbocycles. The molecule has 0 spiro atoms. The van der Waals surface area contributed by atoms with Crippen LogP contribution in [0.1, 0.15) is 44.9 Å². The summed E-state index contributed by atoms with van der Waals surface area (Å²) >= 11 is 6.12. The van der Waals surface area contributed by atoms with Crippen LogP contribution in [0.4, 0.5) is 0 Å². The van der Waals surface area contributed by atoms with Crippen LogP contribution in [-0.2, 0) is 10.2 Å². The largest absolute Gasteiger partial charge is 0.279 e. The number of hydrogen-bond donors (Lipinski definition) is 1. The molecule has 2 rings (SSSR count). The molecule has 0 aromatic carbocycles. The molecule has 2 unspecified atom stereocenters. The minimum absolute atomic E-state index is 0.225. The van der Waals surface area contributed by atoms with E-state index in [0.29, 0.717) is 25.6 Å². The monoisotopic (exact) mass is 294 g/mol. The van der Waals surface area contributed by atoms with E-state index in [-0.39, 0.29) is 5.38 Å². The lowest BCUT2D eigenvalue weighted by molar-refractivity contribution is 0.329. The first-order valence-corrected chi connectivity index (χ1v) is 8.84. The van der Waals surface area contributed by atoms with Crippen molar-refractivity contribution in [1.29, 1.82) is 0 Å². The van der Waals surface area contributed by atoms with E-state index in [9.17, 15) is 8.42 Å². The van der Waals surface area contributed by atoms with Gasteiger partial charge in [0.2, 0.25) is 0 Å². The first-order valence-electron chi connectivity index (χ1n) is 6.97. The average molecular weight is 295 g/mol. The zero-order valence-electron chi connectivity index (χ0n) is 10.8. The van der Waals surface area contributed by atoms with Crippen molar-refractivity contribution in [2.75, 3.05) is 19.6 Å². The van der Waals surface area contributed by atoms with E-state index < -0.39 is 10.2 Å². The maximum atomic E-state index is 12.1. The third-order valence-corrected chi connectivity index (χ3v) is 5.90. The topological polar surface area (TPSA) is 49.4 Å². The molecular formula is C12H23ClN2O2S. The molecule has 2 fully saturated rings. The third-order valence-electron chi connectivity index (χ3n) is 3.93. The van der Waals surface area contributed by atoms with Gasteiger partial charge in [0, 0.05) is 25.0 Å². The van der Waals surface area contributed by atoms with Gasteiger partial charge >= 0.3 is 0 Å². The third kappa shape index (κ3) is 4.08. The van der Waals surface area contributed by atoms with E-state index in [1.54, 1.807) is 4.31 Å². The SMILES string of the molecule is O=S(=O)(NCC1CCCC(Cl)C1)N1CCCCC1. The zero-order chi connectivity index (χ0) is 13.0. The number of hydrogen-bond acceptors (Lipinski definition) is 2. The van der Waals surface area contributed by atoms with E-state index >= 15 is 0 Å². The lowest BCUT2D eigenvalue weighted by Gasteiger charge is -2.29. The molecule has 4 nitrogen and oxygen atoms in total. The van der Waals surface area contributed by atoms with Crippen molar-refractivity contribution in [2.45, 2.75) is 50.3 Å². The van der Waals surface area contributed by atoms with Crippen LogP contribution in [0.5, 0.6) is 0 Å². The van der Waals surface area contributed by atoms with Gasteiger partial charge < -0.3 is 0 Å². The summed E-state index contributed by atoms with van der Waals surface area (Å²) in [6.45, 7) is 1.87. The second kappa shape index (κ2) is 6.55. The number of rotatable bonds is 4. The van der Waals surface area contributed by atoms with Crippen molar-refractivity contribution in [3.63, 3.8) is 0 Å². The highest BCUT2D eigenvalue weighted by Crippen LogP contribution is 2.27. The number of halogens is 1. The van der Waals surface area contributed by atoms with Gasteiger partial charge in [0.25, 0.3) is 10.2 Å². The molecule has 0 aromatic rings. The Hall–Kier alpha value is 0.160. The van der Waals surface area contributed by atoms with Crippen LogP contribution in [0.3, 0.4) is 0 Å². The fraction of sp³-hybridized carbons (Fsp3) is 1.00. The maximum Gasteiger partial charge on any atom is 0.279 e. The Morgan fingerprint density at radius 3 is 2.50 bits per heavy atom. The van der Waals surface area contributed by atoms with Gasteiger partial charge in [-0.05, 0) is 38.0 Å². The van der Waals surface area contributed by atoms with E-state index in [4.69, 9.17) is 11.6 Å². The van der Waals surface area contributed by atoms with Gasteiger partial charge in [-0.25, -0.2) is 4.72 Å². The summed E-state index contributed by atoms with van der Waals surface area (Å²) < 4.78 is 28.5. The lowest BCUT2D eigenvalue weighted by Crippen LogP contribution is -2.45. The first-order chi connectivity index (χ1) is 8.58. The summed E-state index contributed by atoms with van der Waals surface area (Å²) in [4.78, 5) is 0. The molecule has 2 atom stereocenters. The molecule has 106 valence electrons. The van der Waals surface area contributed by atoms with E-state index in [2.05, 4.69) is 4.72 Å². The standard InChI is InChI=1S/C12H23ClN2O2S/c13-12-6-4-5-11(9-12)10-14-18(16,17)15-7-2-1-3-8-15/h11-12,14H,1-10H2. The number of nitrogens with one attached hydrogen (secondary N) is 1. The molecule has 18 heavy (non-hydrogen) atoms. The fourth-order valence-corrected chi connectivity index (χ4v) is 4.60. The quantitative estimate of drug-likeness (QED) is 0.807. The summed E-state index contributed by atoms with van der Waals surface area (Å²) in [6, 6.07) is 0. The molecule has 0 aromatic heterocycles. The minimum atomic E-state index is -3.26. The van der Waals surface area contributed by atoms with Crippen LogP contribution >= 0.6 is 11.6 Å². The molecular weight excluding hydrogens is 272 g/mol. The number of nitrogens with zero attached hydrogens (tertiary/aromatic N) is 1. The highest BCUT2D eigenvalue weighted by atomic mass is 35.5. The van der Waals surface area contributed by atoms with Crippen LogP contribution in [0, 0.1) is 5.92 Å². The molecule has 1 saturated carbocycles. The predicted molar refractivity (Wildman–Crippen MR) is 73.9 cm³/mol. The van der Waals surface area contributed by atoms with Gasteiger partial charge in [0.05, 0.1) is 0 Å². The second-order valence-electron chi connectivity index (χ2n) is 5.44. The summed E-state index contributed by atoms with van der Waals surface area (Å²) in [5.41, 5.74) is 0. The number of alkyl halides is 1. The Morgan fingerprint density at radius 1 is 1.11 bits per heavy atom. The predicted octanol–water partition coefficient (Wildman–Crippen LogP) is 2.10. The normalized spacial score (nSPS) is 31.4. The van der Waals surface area contributed by atoms with E-state index in [0.717, 1.165) is 44.9 Å². The molecule has 1 heterocycles. The van der Waals surface area contributed by atoms with Gasteiger partial charge in [-0.3, -0.25) is 0 Å². The molecule has 0 amide bonds. The summed E-state index contributed by atoms with van der Waals surface area (Å²) in [7, 11) is -3.26. The Morgan fingerprint density at radius 2 is 1.83 bits per heavy atom. The van der Waals surface area contributed by atoms with E-state index in [1.807, 2.05) is 0 Å². The molecule has 0 radical (unpaired) electrons. The van der Waals surface area contributed by atoms with Crippen molar-refractivity contribution in [2.24, 2.45) is 5.92 Å². The Kier molecular flexibility index (Phi) is 5.30. The zero-order valence-corrected chi connectivity index (χ0v) is 12.3. The summed E-state index contributed by atoms with van der Waals surface area (Å²) in [5, 5.41) is 0.225. The van der Waals surface area contributed by atoms with Crippen molar-refractivity contribution < 1.29 is 8.42 Å². The fourth-order valence-electron chi connectivity index (χ4n) is 2.83. The number of piperidine rings is 1. The molecule has 1 aliphatic heterocycles. The first kappa shape index (κ1) is 14.6. The Bertz CT molecular complexity index is 355. The van der Waals surface area contributed by atoms with Crippen LogP contribution in [-0.4, -0.2) is 37.7 Å². The highest BCUT2D eigenvalue weighted by Gasteiger charge is 2.26. The van der Waals surface area contributed by atoms with Crippen molar-refractivity contribution in [3.8, 4) is 0 Å². The molecule has 2 aliphatic rings. The summed E-state index contributed by atoms with van der Waals surface area (Å²) in [6.07, 6.45) is 7.31. The Labute approximate surface area is 115 Å². The van der Waals surface area contributed by atoms with Gasteiger partial charge in [-0.2, -0.15) is 12.7 Å². The highest BCUT2D eigenvalue weighted by molar-refractivity contribution is 7.87. The molecule has 6 heteroatoms. The van der Waals surface area contributed by atoms with E-state index in [1.165, 1.54) is 0 Å². The molecule has 1 N–H and O–H groups in total. The van der Waals surface area contributed by atoms with Crippen LogP contribution < -0.4 is 4.72 Å². The van der Waals surface area contributed by atoms with Gasteiger partial charge in [-0.15, -0.1) is 11.6 Å². The Balaban J connectivity index is 1.80. The van der Waals surface area contributed by atoms with Crippen LogP contribution in [0.15, 0.2) is 0 Å².